The molecule has 0 fully saturated rings. The Hall–Kier alpha value is -3.76. The highest BCUT2D eigenvalue weighted by molar-refractivity contribution is 9.10. The molecule has 4 heteroatoms. The van der Waals surface area contributed by atoms with Gasteiger partial charge in [0.25, 0.3) is 0 Å². The van der Waals surface area contributed by atoms with Crippen LogP contribution in [0.25, 0.3) is 32.6 Å². The summed E-state index contributed by atoms with van der Waals surface area (Å²) in [5.41, 5.74) is 4.45. The third kappa shape index (κ3) is 3.40. The van der Waals surface area contributed by atoms with E-state index in [4.69, 9.17) is 9.98 Å². The van der Waals surface area contributed by atoms with Gasteiger partial charge in [-0.3, -0.25) is 4.57 Å². The van der Waals surface area contributed by atoms with Crippen molar-refractivity contribution in [2.24, 2.45) is 15.9 Å². The number of aliphatic imine (C=N–C) groups is 2. The predicted octanol–water partition coefficient (Wildman–Crippen LogP) is 7.92. The van der Waals surface area contributed by atoms with E-state index in [0.717, 1.165) is 39.2 Å². The molecule has 0 saturated heterocycles. The van der Waals surface area contributed by atoms with E-state index >= 15 is 0 Å². The maximum atomic E-state index is 5.31. The molecule has 5 aromatic rings. The topological polar surface area (TPSA) is 29.6 Å². The van der Waals surface area contributed by atoms with Gasteiger partial charge in [0.15, 0.2) is 0 Å². The molecule has 0 radical (unpaired) electrons. The number of fused-ring (bicyclic) bond motifs is 7. The first kappa shape index (κ1) is 20.6. The van der Waals surface area contributed by atoms with Crippen LogP contribution in [0.4, 0.5) is 0 Å². The van der Waals surface area contributed by atoms with Crippen LogP contribution in [0.3, 0.4) is 0 Å². The van der Waals surface area contributed by atoms with Crippen molar-refractivity contribution < 1.29 is 0 Å². The summed E-state index contributed by atoms with van der Waals surface area (Å²) in [6.45, 7) is 0. The molecule has 0 amide bonds. The first-order valence-corrected chi connectivity index (χ1v) is 12.7. The summed E-state index contributed by atoms with van der Waals surface area (Å²) < 4.78 is 3.31. The molecule has 35 heavy (non-hydrogen) atoms. The van der Waals surface area contributed by atoms with Crippen molar-refractivity contribution in [3.63, 3.8) is 0 Å². The molecule has 1 aliphatic heterocycles. The van der Waals surface area contributed by atoms with E-state index in [-0.39, 0.29) is 12.0 Å². The zero-order chi connectivity index (χ0) is 23.4. The summed E-state index contributed by atoms with van der Waals surface area (Å²) in [5, 5.41) is 4.91. The van der Waals surface area contributed by atoms with E-state index in [1.807, 2.05) is 0 Å². The molecule has 2 atom stereocenters. The molecule has 4 aromatic carbocycles. The van der Waals surface area contributed by atoms with Gasteiger partial charge >= 0.3 is 0 Å². The lowest BCUT2D eigenvalue weighted by molar-refractivity contribution is 0.677. The van der Waals surface area contributed by atoms with Gasteiger partial charge in [0.05, 0.1) is 22.8 Å². The molecule has 0 N–H and O–H groups in total. The Morgan fingerprint density at radius 3 is 2.49 bits per heavy atom. The average Bonchev–Trinajstić information content (AvgIpc) is 3.01. The van der Waals surface area contributed by atoms with Gasteiger partial charge in [0, 0.05) is 21.2 Å². The molecular weight excluding hydrogens is 494 g/mol. The van der Waals surface area contributed by atoms with E-state index in [0.29, 0.717) is 0 Å². The van der Waals surface area contributed by atoms with Crippen molar-refractivity contribution in [3.8, 4) is 0 Å². The second-order valence-corrected chi connectivity index (χ2v) is 10.1. The van der Waals surface area contributed by atoms with Crippen LogP contribution >= 0.6 is 15.9 Å². The molecule has 168 valence electrons. The fraction of sp³-hybridized carbons (Fsp3) is 0.0968. The number of aromatic nitrogens is 1. The minimum Gasteiger partial charge on any atom is -0.278 e. The normalized spacial score (nSPS) is 19.6. The molecule has 0 spiro atoms. The molecule has 3 nitrogen and oxygen atoms in total. The van der Waals surface area contributed by atoms with E-state index in [2.05, 4.69) is 130 Å². The lowest BCUT2D eigenvalue weighted by Gasteiger charge is -2.15. The summed E-state index contributed by atoms with van der Waals surface area (Å²) in [6, 6.07) is 30.1. The minimum absolute atomic E-state index is 0.0679. The van der Waals surface area contributed by atoms with E-state index in [1.54, 1.807) is 0 Å². The molecule has 0 saturated carbocycles. The van der Waals surface area contributed by atoms with Crippen molar-refractivity contribution in [1.82, 2.24) is 4.57 Å². The largest absolute Gasteiger partial charge is 0.278 e. The Kier molecular flexibility index (Phi) is 4.81. The third-order valence-electron chi connectivity index (χ3n) is 7.02. The van der Waals surface area contributed by atoms with Crippen molar-refractivity contribution >= 4 is 60.2 Å². The van der Waals surface area contributed by atoms with Crippen molar-refractivity contribution in [1.29, 1.82) is 0 Å². The standard InChI is InChI=1S/C31H22BrN3/c32-23-15-17-27-26(19-23)29-25-13-7-5-8-20(25)14-16-28(29)35(27)31-33-24-12-6-4-11-22(18-24)30(34-31)21-9-2-1-3-10-21/h1-17,19,22,24H,18H2. The molecule has 1 aromatic heterocycles. The van der Waals surface area contributed by atoms with Crippen molar-refractivity contribution in [2.45, 2.75) is 12.5 Å². The Morgan fingerprint density at radius 2 is 1.57 bits per heavy atom. The Labute approximate surface area is 212 Å². The van der Waals surface area contributed by atoms with Gasteiger partial charge in [-0.15, -0.1) is 0 Å². The number of hydrogen-bond donors (Lipinski definition) is 0. The first-order valence-electron chi connectivity index (χ1n) is 11.9. The number of rotatable bonds is 1. The predicted molar refractivity (Wildman–Crippen MR) is 151 cm³/mol. The summed E-state index contributed by atoms with van der Waals surface area (Å²) in [5.74, 6) is 0.954. The second-order valence-electron chi connectivity index (χ2n) is 9.15. The third-order valence-corrected chi connectivity index (χ3v) is 7.52. The SMILES string of the molecule is Brc1ccc2c(c1)c1c3ccccc3ccc1n2C1=NC2C=CC=CC(C2)C(c2ccccc2)=N1. The quantitative estimate of drug-likeness (QED) is 0.217. The minimum atomic E-state index is 0.0679. The highest BCUT2D eigenvalue weighted by atomic mass is 79.9. The zero-order valence-corrected chi connectivity index (χ0v) is 20.6. The number of allylic oxidation sites excluding steroid dienone is 3. The molecule has 7 rings (SSSR count). The summed E-state index contributed by atoms with van der Waals surface area (Å²) in [6.07, 6.45) is 9.62. The maximum Gasteiger partial charge on any atom is 0.230 e. The molecule has 2 aliphatic rings. The van der Waals surface area contributed by atoms with Gasteiger partial charge in [-0.1, -0.05) is 101 Å². The number of halogens is 1. The average molecular weight is 516 g/mol. The highest BCUT2D eigenvalue weighted by Gasteiger charge is 2.26. The van der Waals surface area contributed by atoms with Crippen molar-refractivity contribution in [2.75, 3.05) is 0 Å². The Morgan fingerprint density at radius 1 is 0.771 bits per heavy atom. The van der Waals surface area contributed by atoms with Crippen LogP contribution in [0, 0.1) is 5.92 Å². The summed E-state index contributed by atoms with van der Waals surface area (Å²) in [7, 11) is 0. The number of benzene rings is 4. The molecule has 1 aliphatic carbocycles. The lowest BCUT2D eigenvalue weighted by Crippen LogP contribution is -2.17. The molecular formula is C31H22BrN3. The van der Waals surface area contributed by atoms with Crippen LogP contribution in [0.5, 0.6) is 0 Å². The van der Waals surface area contributed by atoms with Crippen LogP contribution in [0.15, 0.2) is 124 Å². The van der Waals surface area contributed by atoms with E-state index in [1.165, 1.54) is 21.5 Å². The first-order chi connectivity index (χ1) is 17.3. The van der Waals surface area contributed by atoms with Crippen LogP contribution in [0.1, 0.15) is 12.0 Å². The molecule has 2 unspecified atom stereocenters. The van der Waals surface area contributed by atoms with Gasteiger partial charge < -0.3 is 0 Å². The van der Waals surface area contributed by atoms with E-state index in [9.17, 15) is 0 Å². The molecule has 2 heterocycles. The van der Waals surface area contributed by atoms with Crippen molar-refractivity contribution in [3.05, 3.63) is 119 Å². The van der Waals surface area contributed by atoms with Crippen LogP contribution in [-0.2, 0) is 0 Å². The highest BCUT2D eigenvalue weighted by Crippen LogP contribution is 2.37. The lowest BCUT2D eigenvalue weighted by atomic mass is 9.91. The van der Waals surface area contributed by atoms with E-state index < -0.39 is 0 Å². The van der Waals surface area contributed by atoms with Gasteiger partial charge in [0.1, 0.15) is 0 Å². The van der Waals surface area contributed by atoms with Crippen LogP contribution in [0.2, 0.25) is 0 Å². The maximum absolute atomic E-state index is 5.31. The fourth-order valence-corrected chi connectivity index (χ4v) is 5.81. The van der Waals surface area contributed by atoms with Crippen LogP contribution in [-0.4, -0.2) is 22.3 Å². The zero-order valence-electron chi connectivity index (χ0n) is 19.0. The second kappa shape index (κ2) is 8.17. The summed E-state index contributed by atoms with van der Waals surface area (Å²) >= 11 is 3.70. The smallest absolute Gasteiger partial charge is 0.230 e. The summed E-state index contributed by atoms with van der Waals surface area (Å²) in [4.78, 5) is 10.5. The van der Waals surface area contributed by atoms with Gasteiger partial charge in [-0.05, 0) is 47.0 Å². The fourth-order valence-electron chi connectivity index (χ4n) is 5.45. The van der Waals surface area contributed by atoms with Gasteiger partial charge in [-0.25, -0.2) is 9.98 Å². The molecule has 2 bridgehead atoms. The van der Waals surface area contributed by atoms with Gasteiger partial charge in [-0.2, -0.15) is 0 Å². The Balaban J connectivity index is 1.58. The number of nitrogens with zero attached hydrogens (tertiary/aromatic N) is 3. The van der Waals surface area contributed by atoms with Crippen LogP contribution < -0.4 is 0 Å². The van der Waals surface area contributed by atoms with Gasteiger partial charge in [0.2, 0.25) is 5.96 Å². The monoisotopic (exact) mass is 515 g/mol. The Bertz CT molecular complexity index is 1740. The number of hydrogen-bond acceptors (Lipinski definition) is 2.